The summed E-state index contributed by atoms with van der Waals surface area (Å²) >= 11 is 0. The second-order valence-corrected chi connectivity index (χ2v) is 5.85. The summed E-state index contributed by atoms with van der Waals surface area (Å²) in [4.78, 5) is 10.8. The van der Waals surface area contributed by atoms with Crippen LogP contribution in [0.25, 0.3) is 0 Å². The van der Waals surface area contributed by atoms with E-state index in [-0.39, 0.29) is 0 Å². The van der Waals surface area contributed by atoms with Crippen LogP contribution in [-0.4, -0.2) is 24.2 Å². The lowest BCUT2D eigenvalue weighted by atomic mass is 10.1. The van der Waals surface area contributed by atoms with E-state index in [9.17, 15) is 4.79 Å². The third-order valence-electron chi connectivity index (χ3n) is 3.73. The topological polar surface area (TPSA) is 49.3 Å². The number of allylic oxidation sites excluding steroid dienone is 8. The van der Waals surface area contributed by atoms with Gasteiger partial charge in [0.15, 0.2) is 0 Å². The van der Waals surface area contributed by atoms with Gasteiger partial charge in [0.25, 0.3) is 0 Å². The molecule has 2 N–H and O–H groups in total. The zero-order valence-corrected chi connectivity index (χ0v) is 15.4. The van der Waals surface area contributed by atoms with Gasteiger partial charge in [0.2, 0.25) is 0 Å². The fourth-order valence-corrected chi connectivity index (χ4v) is 2.22. The van der Waals surface area contributed by atoms with Gasteiger partial charge in [-0.1, -0.05) is 68.4 Å². The number of likely N-dealkylation sites (N-methyl/N-ethyl adjacent to an activating group) is 1. The third-order valence-corrected chi connectivity index (χ3v) is 3.73. The Morgan fingerprint density at radius 2 is 1.38 bits per heavy atom. The van der Waals surface area contributed by atoms with E-state index in [0.29, 0.717) is 6.42 Å². The molecule has 24 heavy (non-hydrogen) atoms. The summed E-state index contributed by atoms with van der Waals surface area (Å²) in [6.45, 7) is 2.23. The van der Waals surface area contributed by atoms with Crippen molar-refractivity contribution in [2.75, 3.05) is 7.05 Å². The standard InChI is InChI=1S/C21H35NO2/c1-3-4-5-6-7-8-9-10-11-12-13-14-15-16-17-18-19-20(22-2)21(23)24/h7-8,10-11,13-14,16-17,20,22H,3-6,9,12,15,18-19H2,1-2H3,(H,23,24)/b8-7-,11-10-,14-13-,17-16-. The molecule has 3 heteroatoms. The van der Waals surface area contributed by atoms with Crippen molar-refractivity contribution in [1.29, 1.82) is 0 Å². The SMILES string of the molecule is CCCCC/C=C\C/C=C\C/C=C\C/C=C\CCC(NC)C(=O)O. The number of carbonyl (C=O) groups is 1. The van der Waals surface area contributed by atoms with Gasteiger partial charge in [0, 0.05) is 0 Å². The van der Waals surface area contributed by atoms with Gasteiger partial charge in [-0.3, -0.25) is 4.79 Å². The Balaban J connectivity index is 3.56. The van der Waals surface area contributed by atoms with Crippen molar-refractivity contribution >= 4 is 5.97 Å². The Morgan fingerprint density at radius 1 is 0.875 bits per heavy atom. The highest BCUT2D eigenvalue weighted by molar-refractivity contribution is 5.73. The van der Waals surface area contributed by atoms with E-state index < -0.39 is 12.0 Å². The smallest absolute Gasteiger partial charge is 0.320 e. The van der Waals surface area contributed by atoms with E-state index in [4.69, 9.17) is 5.11 Å². The largest absolute Gasteiger partial charge is 0.480 e. The molecule has 0 aromatic carbocycles. The van der Waals surface area contributed by atoms with Crippen LogP contribution in [0.2, 0.25) is 0 Å². The molecule has 0 aliphatic rings. The predicted molar refractivity (Wildman–Crippen MR) is 104 cm³/mol. The number of aliphatic carboxylic acids is 1. The van der Waals surface area contributed by atoms with E-state index in [2.05, 4.69) is 60.8 Å². The van der Waals surface area contributed by atoms with Crippen molar-refractivity contribution in [3.05, 3.63) is 48.6 Å². The van der Waals surface area contributed by atoms with Crippen LogP contribution < -0.4 is 5.32 Å². The Labute approximate surface area is 148 Å². The summed E-state index contributed by atoms with van der Waals surface area (Å²) in [7, 11) is 1.68. The fourth-order valence-electron chi connectivity index (χ4n) is 2.22. The molecule has 0 aromatic heterocycles. The van der Waals surface area contributed by atoms with Crippen molar-refractivity contribution in [3.63, 3.8) is 0 Å². The first-order valence-corrected chi connectivity index (χ1v) is 9.22. The Kier molecular flexibility index (Phi) is 16.5. The number of hydrogen-bond donors (Lipinski definition) is 2. The van der Waals surface area contributed by atoms with E-state index >= 15 is 0 Å². The van der Waals surface area contributed by atoms with Gasteiger partial charge < -0.3 is 10.4 Å². The Bertz CT molecular complexity index is 408. The molecule has 0 saturated carbocycles. The Morgan fingerprint density at radius 3 is 1.83 bits per heavy atom. The highest BCUT2D eigenvalue weighted by Gasteiger charge is 2.12. The number of unbranched alkanes of at least 4 members (excludes halogenated alkanes) is 3. The maximum Gasteiger partial charge on any atom is 0.320 e. The van der Waals surface area contributed by atoms with Crippen LogP contribution in [-0.2, 0) is 4.79 Å². The lowest BCUT2D eigenvalue weighted by Crippen LogP contribution is -2.33. The number of carboxylic acid groups (broad SMARTS) is 1. The molecular weight excluding hydrogens is 298 g/mol. The van der Waals surface area contributed by atoms with Crippen LogP contribution in [0.1, 0.15) is 64.7 Å². The monoisotopic (exact) mass is 333 g/mol. The third kappa shape index (κ3) is 15.3. The zero-order chi connectivity index (χ0) is 17.9. The molecule has 1 atom stereocenters. The molecule has 0 amide bonds. The number of hydrogen-bond acceptors (Lipinski definition) is 2. The van der Waals surface area contributed by atoms with Crippen LogP contribution in [0.15, 0.2) is 48.6 Å². The molecule has 1 unspecified atom stereocenters. The van der Waals surface area contributed by atoms with Gasteiger partial charge in [-0.25, -0.2) is 0 Å². The van der Waals surface area contributed by atoms with Crippen LogP contribution >= 0.6 is 0 Å². The lowest BCUT2D eigenvalue weighted by Gasteiger charge is -2.08. The maximum atomic E-state index is 10.8. The molecule has 0 aliphatic carbocycles. The van der Waals surface area contributed by atoms with Crippen LogP contribution in [0.5, 0.6) is 0 Å². The van der Waals surface area contributed by atoms with E-state index in [1.54, 1.807) is 7.05 Å². The van der Waals surface area contributed by atoms with Crippen molar-refractivity contribution in [1.82, 2.24) is 5.32 Å². The second kappa shape index (κ2) is 17.7. The molecule has 0 radical (unpaired) electrons. The molecule has 0 bridgehead atoms. The molecule has 0 rings (SSSR count). The summed E-state index contributed by atoms with van der Waals surface area (Å²) in [5.74, 6) is -0.784. The molecule has 0 fully saturated rings. The summed E-state index contributed by atoms with van der Waals surface area (Å²) in [5, 5.41) is 11.7. The lowest BCUT2D eigenvalue weighted by molar-refractivity contribution is -0.139. The van der Waals surface area contributed by atoms with Crippen molar-refractivity contribution < 1.29 is 9.90 Å². The Hall–Kier alpha value is -1.61. The summed E-state index contributed by atoms with van der Waals surface area (Å²) in [5.41, 5.74) is 0. The highest BCUT2D eigenvalue weighted by Crippen LogP contribution is 2.01. The van der Waals surface area contributed by atoms with Crippen LogP contribution in [0.4, 0.5) is 0 Å². The molecule has 136 valence electrons. The summed E-state index contributed by atoms with van der Waals surface area (Å²) in [6, 6.07) is -0.448. The van der Waals surface area contributed by atoms with E-state index in [0.717, 1.165) is 25.7 Å². The first-order chi connectivity index (χ1) is 11.7. The highest BCUT2D eigenvalue weighted by atomic mass is 16.4. The van der Waals surface area contributed by atoms with Gasteiger partial charge in [0.1, 0.15) is 6.04 Å². The minimum absolute atomic E-state index is 0.448. The summed E-state index contributed by atoms with van der Waals surface area (Å²) < 4.78 is 0. The molecular formula is C21H35NO2. The van der Waals surface area contributed by atoms with Crippen molar-refractivity contribution in [2.24, 2.45) is 0 Å². The minimum Gasteiger partial charge on any atom is -0.480 e. The predicted octanol–water partition coefficient (Wildman–Crippen LogP) is 5.41. The first-order valence-electron chi connectivity index (χ1n) is 9.22. The van der Waals surface area contributed by atoms with Crippen molar-refractivity contribution in [2.45, 2.75) is 70.8 Å². The second-order valence-electron chi connectivity index (χ2n) is 5.85. The molecule has 0 aromatic rings. The average Bonchev–Trinajstić information content (AvgIpc) is 2.57. The summed E-state index contributed by atoms with van der Waals surface area (Å²) in [6.07, 6.45) is 26.8. The number of rotatable bonds is 15. The van der Waals surface area contributed by atoms with E-state index in [1.165, 1.54) is 25.7 Å². The number of carboxylic acids is 1. The van der Waals surface area contributed by atoms with Gasteiger partial charge in [0.05, 0.1) is 0 Å². The average molecular weight is 334 g/mol. The van der Waals surface area contributed by atoms with Crippen LogP contribution in [0.3, 0.4) is 0 Å². The quantitative estimate of drug-likeness (QED) is 0.311. The van der Waals surface area contributed by atoms with Gasteiger partial charge >= 0.3 is 5.97 Å². The normalized spacial score (nSPS) is 13.8. The fraction of sp³-hybridized carbons (Fsp3) is 0.571. The molecule has 0 saturated heterocycles. The van der Waals surface area contributed by atoms with Gasteiger partial charge in [-0.2, -0.15) is 0 Å². The van der Waals surface area contributed by atoms with Crippen molar-refractivity contribution in [3.8, 4) is 0 Å². The maximum absolute atomic E-state index is 10.8. The van der Waals surface area contributed by atoms with E-state index in [1.807, 2.05) is 0 Å². The molecule has 0 aliphatic heterocycles. The molecule has 3 nitrogen and oxygen atoms in total. The zero-order valence-electron chi connectivity index (χ0n) is 15.4. The molecule has 0 spiro atoms. The minimum atomic E-state index is -0.784. The van der Waals surface area contributed by atoms with Gasteiger partial charge in [-0.05, 0) is 52.0 Å². The first kappa shape index (κ1) is 22.4. The van der Waals surface area contributed by atoms with Gasteiger partial charge in [-0.15, -0.1) is 0 Å². The molecule has 0 heterocycles. The number of nitrogens with one attached hydrogen (secondary N) is 1. The van der Waals surface area contributed by atoms with Crippen LogP contribution in [0, 0.1) is 0 Å².